The number of pyridine rings is 1. The fourth-order valence-electron chi connectivity index (χ4n) is 2.65. The summed E-state index contributed by atoms with van der Waals surface area (Å²) in [4.78, 5) is 20.4. The van der Waals surface area contributed by atoms with E-state index in [1.807, 2.05) is 0 Å². The summed E-state index contributed by atoms with van der Waals surface area (Å²) in [5, 5.41) is 0. The summed E-state index contributed by atoms with van der Waals surface area (Å²) in [7, 11) is 5.59. The van der Waals surface area contributed by atoms with Crippen molar-refractivity contribution in [1.29, 1.82) is 0 Å². The van der Waals surface area contributed by atoms with E-state index in [4.69, 9.17) is 4.74 Å². The van der Waals surface area contributed by atoms with Crippen LogP contribution in [-0.4, -0.2) is 56.2 Å². The second-order valence-electron chi connectivity index (χ2n) is 5.31. The first-order valence-electron chi connectivity index (χ1n) is 6.48. The number of carbonyl (C=O) groups is 1. The molecule has 0 radical (unpaired) electrons. The molecule has 0 amide bonds. The first-order chi connectivity index (χ1) is 9.02. The van der Waals surface area contributed by atoms with Gasteiger partial charge in [0.25, 0.3) is 0 Å². The summed E-state index contributed by atoms with van der Waals surface area (Å²) in [6, 6.07) is 4.00. The van der Waals surface area contributed by atoms with Crippen molar-refractivity contribution in [2.45, 2.75) is 13.0 Å². The Morgan fingerprint density at radius 1 is 1.47 bits per heavy atom. The Morgan fingerprint density at radius 3 is 2.79 bits per heavy atom. The first kappa shape index (κ1) is 13.8. The number of ether oxygens (including phenoxy) is 1. The molecule has 0 bridgehead atoms. The van der Waals surface area contributed by atoms with Gasteiger partial charge in [0.2, 0.25) is 0 Å². The lowest BCUT2D eigenvalue weighted by atomic mass is 10.1. The monoisotopic (exact) mass is 263 g/mol. The van der Waals surface area contributed by atoms with Crippen LogP contribution in [0, 0.1) is 5.92 Å². The van der Waals surface area contributed by atoms with Gasteiger partial charge in [-0.1, -0.05) is 6.92 Å². The van der Waals surface area contributed by atoms with Crippen LogP contribution in [0.2, 0.25) is 0 Å². The van der Waals surface area contributed by atoms with Crippen molar-refractivity contribution < 1.29 is 9.53 Å². The van der Waals surface area contributed by atoms with Crippen LogP contribution in [0.1, 0.15) is 17.3 Å². The molecule has 1 aliphatic rings. The van der Waals surface area contributed by atoms with Gasteiger partial charge < -0.3 is 14.5 Å². The third-order valence-corrected chi connectivity index (χ3v) is 3.73. The minimum atomic E-state index is -0.319. The highest BCUT2D eigenvalue weighted by atomic mass is 16.5. The average molecular weight is 263 g/mol. The molecule has 19 heavy (non-hydrogen) atoms. The van der Waals surface area contributed by atoms with Gasteiger partial charge >= 0.3 is 5.97 Å². The second-order valence-corrected chi connectivity index (χ2v) is 5.31. The lowest BCUT2D eigenvalue weighted by Gasteiger charge is -2.22. The highest BCUT2D eigenvalue weighted by molar-refractivity contribution is 5.90. The summed E-state index contributed by atoms with van der Waals surface area (Å²) in [6.45, 7) is 4.14. The van der Waals surface area contributed by atoms with Gasteiger partial charge in [0.05, 0.1) is 12.7 Å². The normalized spacial score (nSPS) is 22.9. The quantitative estimate of drug-likeness (QED) is 0.768. The lowest BCUT2D eigenvalue weighted by molar-refractivity contribution is 0.0600. The molecule has 0 N–H and O–H groups in total. The number of esters is 1. The molecule has 2 unspecified atom stereocenters. The van der Waals surface area contributed by atoms with Gasteiger partial charge in [-0.05, 0) is 32.1 Å². The van der Waals surface area contributed by atoms with E-state index in [0.717, 1.165) is 18.9 Å². The van der Waals surface area contributed by atoms with Crippen LogP contribution in [0.3, 0.4) is 0 Å². The molecule has 1 aliphatic heterocycles. The molecular weight excluding hydrogens is 242 g/mol. The molecule has 0 saturated carbocycles. The smallest absolute Gasteiger partial charge is 0.338 e. The Bertz CT molecular complexity index is 462. The van der Waals surface area contributed by atoms with E-state index >= 15 is 0 Å². The number of nitrogens with zero attached hydrogens (tertiary/aromatic N) is 3. The summed E-state index contributed by atoms with van der Waals surface area (Å²) in [5.41, 5.74) is 0.549. The van der Waals surface area contributed by atoms with Crippen molar-refractivity contribution in [1.82, 2.24) is 9.88 Å². The number of hydrogen-bond donors (Lipinski definition) is 0. The van der Waals surface area contributed by atoms with Gasteiger partial charge in [-0.25, -0.2) is 9.78 Å². The minimum Gasteiger partial charge on any atom is -0.465 e. The van der Waals surface area contributed by atoms with Crippen LogP contribution in [0.15, 0.2) is 18.3 Å². The summed E-state index contributed by atoms with van der Waals surface area (Å²) < 4.78 is 4.74. The van der Waals surface area contributed by atoms with Crippen molar-refractivity contribution in [2.24, 2.45) is 5.92 Å². The van der Waals surface area contributed by atoms with Crippen molar-refractivity contribution >= 4 is 11.8 Å². The molecule has 0 aromatic carbocycles. The molecule has 1 saturated heterocycles. The van der Waals surface area contributed by atoms with Gasteiger partial charge in [-0.2, -0.15) is 0 Å². The molecule has 5 heteroatoms. The van der Waals surface area contributed by atoms with E-state index in [0.29, 0.717) is 17.5 Å². The Labute approximate surface area is 114 Å². The Kier molecular flexibility index (Phi) is 4.04. The maximum Gasteiger partial charge on any atom is 0.338 e. The second kappa shape index (κ2) is 5.57. The lowest BCUT2D eigenvalue weighted by Crippen LogP contribution is -2.34. The van der Waals surface area contributed by atoms with Crippen LogP contribution in [-0.2, 0) is 4.74 Å². The summed E-state index contributed by atoms with van der Waals surface area (Å²) in [6.07, 6.45) is 1.66. The van der Waals surface area contributed by atoms with Crippen molar-refractivity contribution in [3.8, 4) is 0 Å². The van der Waals surface area contributed by atoms with E-state index < -0.39 is 0 Å². The first-order valence-corrected chi connectivity index (χ1v) is 6.48. The van der Waals surface area contributed by atoms with Gasteiger partial charge in [0.1, 0.15) is 5.82 Å². The van der Waals surface area contributed by atoms with E-state index in [-0.39, 0.29) is 5.97 Å². The maximum absolute atomic E-state index is 11.5. The number of rotatable bonds is 3. The predicted molar refractivity (Wildman–Crippen MR) is 74.4 cm³/mol. The van der Waals surface area contributed by atoms with Gasteiger partial charge in [-0.3, -0.25) is 0 Å². The number of carbonyl (C=O) groups excluding carboxylic acids is 1. The summed E-state index contributed by atoms with van der Waals surface area (Å²) in [5.74, 6) is 1.11. The molecule has 0 spiro atoms. The van der Waals surface area contributed by atoms with Crippen molar-refractivity contribution in [2.75, 3.05) is 39.2 Å². The molecular formula is C14H21N3O2. The molecule has 5 nitrogen and oxygen atoms in total. The van der Waals surface area contributed by atoms with Gasteiger partial charge in [-0.15, -0.1) is 0 Å². The van der Waals surface area contributed by atoms with Crippen LogP contribution < -0.4 is 4.90 Å². The fraction of sp³-hybridized carbons (Fsp3) is 0.571. The third-order valence-electron chi connectivity index (χ3n) is 3.73. The molecule has 0 aliphatic carbocycles. The van der Waals surface area contributed by atoms with E-state index in [2.05, 4.69) is 35.8 Å². The third kappa shape index (κ3) is 2.87. The topological polar surface area (TPSA) is 45.7 Å². The summed E-state index contributed by atoms with van der Waals surface area (Å²) >= 11 is 0. The van der Waals surface area contributed by atoms with Crippen LogP contribution in [0.4, 0.5) is 5.82 Å². The zero-order valence-corrected chi connectivity index (χ0v) is 12.0. The number of aromatic nitrogens is 1. The number of hydrogen-bond acceptors (Lipinski definition) is 5. The Hall–Kier alpha value is -1.62. The predicted octanol–water partition coefficient (Wildman–Crippen LogP) is 1.25. The average Bonchev–Trinajstić information content (AvgIpc) is 2.80. The molecule has 1 aromatic rings. The zero-order chi connectivity index (χ0) is 14.0. The van der Waals surface area contributed by atoms with Gasteiger partial charge in [0.15, 0.2) is 0 Å². The highest BCUT2D eigenvalue weighted by Crippen LogP contribution is 2.25. The zero-order valence-electron chi connectivity index (χ0n) is 12.0. The number of methoxy groups -OCH3 is 1. The molecule has 1 fully saturated rings. The molecule has 2 atom stereocenters. The van der Waals surface area contributed by atoms with E-state index in [1.54, 1.807) is 18.3 Å². The van der Waals surface area contributed by atoms with Gasteiger partial charge in [0, 0.05) is 25.3 Å². The molecule has 104 valence electrons. The fourth-order valence-corrected chi connectivity index (χ4v) is 2.65. The van der Waals surface area contributed by atoms with Crippen LogP contribution >= 0.6 is 0 Å². The SMILES string of the molecule is COC(=O)c1ccnc(N2CC(C)C(N(C)C)C2)c1. The van der Waals surface area contributed by atoms with E-state index in [9.17, 15) is 4.79 Å². The maximum atomic E-state index is 11.5. The largest absolute Gasteiger partial charge is 0.465 e. The van der Waals surface area contributed by atoms with Crippen molar-refractivity contribution in [3.63, 3.8) is 0 Å². The van der Waals surface area contributed by atoms with Crippen LogP contribution in [0.5, 0.6) is 0 Å². The number of likely N-dealkylation sites (N-methyl/N-ethyl adjacent to an activating group) is 1. The van der Waals surface area contributed by atoms with Crippen LogP contribution in [0.25, 0.3) is 0 Å². The minimum absolute atomic E-state index is 0.319. The Balaban J connectivity index is 2.17. The molecule has 2 rings (SSSR count). The van der Waals surface area contributed by atoms with E-state index in [1.165, 1.54) is 7.11 Å². The standard InChI is InChI=1S/C14H21N3O2/c1-10-8-17(9-12(10)16(2)3)13-7-11(5-6-15-13)14(18)19-4/h5-7,10,12H,8-9H2,1-4H3. The molecule has 2 heterocycles. The number of anilines is 1. The Morgan fingerprint density at radius 2 is 2.21 bits per heavy atom. The highest BCUT2D eigenvalue weighted by Gasteiger charge is 2.31. The molecule has 1 aromatic heterocycles. The van der Waals surface area contributed by atoms with Crippen molar-refractivity contribution in [3.05, 3.63) is 23.9 Å².